The lowest BCUT2D eigenvalue weighted by atomic mass is 10.2. The summed E-state index contributed by atoms with van der Waals surface area (Å²) >= 11 is 0. The molecule has 1 aromatic rings. The van der Waals surface area contributed by atoms with Crippen molar-refractivity contribution in [3.63, 3.8) is 0 Å². The number of anilines is 1. The molecule has 0 bridgehead atoms. The van der Waals surface area contributed by atoms with Crippen LogP contribution in [0.3, 0.4) is 0 Å². The first-order chi connectivity index (χ1) is 12.2. The van der Waals surface area contributed by atoms with Gasteiger partial charge in [0.05, 0.1) is 45.8 Å². The van der Waals surface area contributed by atoms with E-state index in [1.54, 1.807) is 30.0 Å². The smallest absolute Gasteiger partial charge is 0.410 e. The van der Waals surface area contributed by atoms with Crippen LogP contribution in [0, 0.1) is 0 Å². The molecule has 2 aliphatic heterocycles. The fourth-order valence-electron chi connectivity index (χ4n) is 2.96. The molecular formula is C17H24N3O5+. The molecule has 136 valence electrons. The number of nitrogens with zero attached hydrogens (tertiary/aromatic N) is 1. The average molecular weight is 350 g/mol. The van der Waals surface area contributed by atoms with Crippen LogP contribution in [0.2, 0.25) is 0 Å². The molecule has 2 N–H and O–H groups in total. The molecule has 8 nitrogen and oxygen atoms in total. The van der Waals surface area contributed by atoms with Gasteiger partial charge in [-0.2, -0.15) is 0 Å². The molecule has 0 radical (unpaired) electrons. The monoisotopic (exact) mass is 350 g/mol. The second kappa shape index (κ2) is 8.06. The van der Waals surface area contributed by atoms with Gasteiger partial charge in [-0.25, -0.2) is 4.79 Å². The van der Waals surface area contributed by atoms with Crippen molar-refractivity contribution >= 4 is 17.7 Å². The molecule has 2 aliphatic rings. The maximum absolute atomic E-state index is 12.1. The van der Waals surface area contributed by atoms with Gasteiger partial charge in [-0.15, -0.1) is 0 Å². The second-order valence-electron chi connectivity index (χ2n) is 6.05. The van der Waals surface area contributed by atoms with Gasteiger partial charge in [0.1, 0.15) is 0 Å². The Bertz CT molecular complexity index is 629. The first-order valence-electron chi connectivity index (χ1n) is 8.60. The topological polar surface area (TPSA) is 81.5 Å². The van der Waals surface area contributed by atoms with Crippen molar-refractivity contribution < 1.29 is 28.7 Å². The molecule has 0 unspecified atom stereocenters. The molecule has 0 aliphatic carbocycles. The number of rotatable bonds is 5. The van der Waals surface area contributed by atoms with E-state index in [-0.39, 0.29) is 18.8 Å². The molecule has 0 atom stereocenters. The number of carbonyl (C=O) groups excluding carboxylic acids is 2. The molecule has 3 rings (SSSR count). The van der Waals surface area contributed by atoms with E-state index in [1.807, 2.05) is 0 Å². The Morgan fingerprint density at radius 2 is 2.00 bits per heavy atom. The molecule has 0 aromatic heterocycles. The van der Waals surface area contributed by atoms with Gasteiger partial charge in [-0.3, -0.25) is 9.69 Å². The lowest BCUT2D eigenvalue weighted by molar-refractivity contribution is -0.903. The summed E-state index contributed by atoms with van der Waals surface area (Å²) in [6, 6.07) is 5.36. The summed E-state index contributed by atoms with van der Waals surface area (Å²) in [7, 11) is 0. The van der Waals surface area contributed by atoms with E-state index in [9.17, 15) is 9.59 Å². The lowest BCUT2D eigenvalue weighted by Gasteiger charge is -2.31. The molecule has 1 aromatic carbocycles. The Morgan fingerprint density at radius 3 is 2.76 bits per heavy atom. The van der Waals surface area contributed by atoms with Crippen LogP contribution in [-0.2, 0) is 9.53 Å². The largest absolute Gasteiger partial charge is 0.454 e. The summed E-state index contributed by atoms with van der Waals surface area (Å²) in [5.41, 5.74) is 0.705. The molecule has 25 heavy (non-hydrogen) atoms. The number of amides is 2. The standard InChI is InChI=1S/C17H23N3O5/c1-2-23-17(22)20-9-7-19(8-10-20)6-5-16(21)18-13-3-4-14-15(11-13)25-12-24-14/h3-4,11H,2,5-10,12H2,1H3,(H,18,21)/p+1. The van der Waals surface area contributed by atoms with Crippen LogP contribution in [0.5, 0.6) is 11.5 Å². The molecule has 1 fully saturated rings. The van der Waals surface area contributed by atoms with Crippen LogP contribution in [0.15, 0.2) is 18.2 Å². The molecule has 8 heteroatoms. The van der Waals surface area contributed by atoms with Gasteiger partial charge >= 0.3 is 6.09 Å². The fourth-order valence-corrected chi connectivity index (χ4v) is 2.96. The maximum atomic E-state index is 12.1. The van der Waals surface area contributed by atoms with Gasteiger partial charge < -0.3 is 24.4 Å². The van der Waals surface area contributed by atoms with Crippen molar-refractivity contribution in [2.24, 2.45) is 0 Å². The number of ether oxygens (including phenoxy) is 3. The Kier molecular flexibility index (Phi) is 5.60. The minimum Gasteiger partial charge on any atom is -0.454 e. The number of benzene rings is 1. The van der Waals surface area contributed by atoms with Gasteiger partial charge in [0.15, 0.2) is 11.5 Å². The quantitative estimate of drug-likeness (QED) is 0.787. The molecule has 1 saturated heterocycles. The molecular weight excluding hydrogens is 326 g/mol. The fraction of sp³-hybridized carbons (Fsp3) is 0.529. The van der Waals surface area contributed by atoms with E-state index >= 15 is 0 Å². The van der Waals surface area contributed by atoms with E-state index in [0.717, 1.165) is 19.6 Å². The summed E-state index contributed by atoms with van der Waals surface area (Å²) in [4.78, 5) is 26.8. The van der Waals surface area contributed by atoms with E-state index < -0.39 is 0 Å². The summed E-state index contributed by atoms with van der Waals surface area (Å²) in [6.45, 7) is 6.15. The van der Waals surface area contributed by atoms with Crippen molar-refractivity contribution in [2.45, 2.75) is 13.3 Å². The zero-order valence-corrected chi connectivity index (χ0v) is 14.4. The Morgan fingerprint density at radius 1 is 1.24 bits per heavy atom. The Hall–Kier alpha value is -2.48. The third-order valence-corrected chi connectivity index (χ3v) is 4.36. The number of piperazine rings is 1. The lowest BCUT2D eigenvalue weighted by Crippen LogP contribution is -3.15. The minimum absolute atomic E-state index is 0.0285. The highest BCUT2D eigenvalue weighted by molar-refractivity contribution is 5.91. The Balaban J connectivity index is 1.39. The van der Waals surface area contributed by atoms with Crippen molar-refractivity contribution in [1.82, 2.24) is 4.90 Å². The zero-order chi connectivity index (χ0) is 17.6. The zero-order valence-electron chi connectivity index (χ0n) is 14.4. The van der Waals surface area contributed by atoms with Crippen LogP contribution in [0.1, 0.15) is 13.3 Å². The SMILES string of the molecule is CCOC(=O)N1CC[NH+](CCC(=O)Nc2ccc3c(c2)OCO3)CC1. The van der Waals surface area contributed by atoms with Gasteiger partial charge in [0.25, 0.3) is 0 Å². The maximum Gasteiger partial charge on any atom is 0.410 e. The normalized spacial score (nSPS) is 16.6. The van der Waals surface area contributed by atoms with E-state index in [0.29, 0.717) is 43.3 Å². The second-order valence-corrected chi connectivity index (χ2v) is 6.05. The molecule has 0 saturated carbocycles. The number of quaternary nitrogens is 1. The van der Waals surface area contributed by atoms with E-state index in [1.165, 1.54) is 4.90 Å². The highest BCUT2D eigenvalue weighted by Crippen LogP contribution is 2.34. The van der Waals surface area contributed by atoms with Crippen LogP contribution in [0.4, 0.5) is 10.5 Å². The highest BCUT2D eigenvalue weighted by Gasteiger charge is 2.24. The van der Waals surface area contributed by atoms with Gasteiger partial charge in [-0.1, -0.05) is 0 Å². The molecule has 2 heterocycles. The van der Waals surface area contributed by atoms with Crippen molar-refractivity contribution in [2.75, 3.05) is 51.4 Å². The third-order valence-electron chi connectivity index (χ3n) is 4.36. The van der Waals surface area contributed by atoms with Gasteiger partial charge in [0.2, 0.25) is 12.7 Å². The van der Waals surface area contributed by atoms with E-state index in [2.05, 4.69) is 5.32 Å². The highest BCUT2D eigenvalue weighted by atomic mass is 16.7. The van der Waals surface area contributed by atoms with E-state index in [4.69, 9.17) is 14.2 Å². The Labute approximate surface area is 146 Å². The minimum atomic E-state index is -0.248. The van der Waals surface area contributed by atoms with Crippen LogP contribution in [0.25, 0.3) is 0 Å². The summed E-state index contributed by atoms with van der Waals surface area (Å²) in [5, 5.41) is 2.88. The number of carbonyl (C=O) groups is 2. The number of hydrogen-bond acceptors (Lipinski definition) is 5. The number of hydrogen-bond donors (Lipinski definition) is 2. The summed E-state index contributed by atoms with van der Waals surface area (Å²) in [5.74, 6) is 1.32. The van der Waals surface area contributed by atoms with Crippen molar-refractivity contribution in [3.8, 4) is 11.5 Å². The van der Waals surface area contributed by atoms with Crippen molar-refractivity contribution in [3.05, 3.63) is 18.2 Å². The third kappa shape index (κ3) is 4.54. The molecule has 0 spiro atoms. The van der Waals surface area contributed by atoms with Crippen molar-refractivity contribution in [1.29, 1.82) is 0 Å². The van der Waals surface area contributed by atoms with Crippen LogP contribution in [-0.4, -0.2) is 63.0 Å². The number of nitrogens with one attached hydrogen (secondary N) is 2. The summed E-state index contributed by atoms with van der Waals surface area (Å²) in [6.07, 6.45) is 0.186. The van der Waals surface area contributed by atoms with Crippen LogP contribution < -0.4 is 19.7 Å². The predicted molar refractivity (Wildman–Crippen MR) is 90.0 cm³/mol. The van der Waals surface area contributed by atoms with Crippen LogP contribution >= 0.6 is 0 Å². The predicted octanol–water partition coefficient (Wildman–Crippen LogP) is 0.101. The van der Waals surface area contributed by atoms with Gasteiger partial charge in [-0.05, 0) is 19.1 Å². The average Bonchev–Trinajstić information content (AvgIpc) is 3.08. The first-order valence-corrected chi connectivity index (χ1v) is 8.60. The molecule has 2 amide bonds. The number of fused-ring (bicyclic) bond motifs is 1. The summed E-state index contributed by atoms with van der Waals surface area (Å²) < 4.78 is 15.6. The first kappa shape index (κ1) is 17.3. The van der Waals surface area contributed by atoms with Gasteiger partial charge in [0, 0.05) is 11.8 Å².